The van der Waals surface area contributed by atoms with Crippen molar-refractivity contribution in [3.05, 3.63) is 40.9 Å². The third-order valence-corrected chi connectivity index (χ3v) is 4.34. The Balaban J connectivity index is 1.78. The summed E-state index contributed by atoms with van der Waals surface area (Å²) in [7, 11) is 0. The molecule has 0 amide bonds. The van der Waals surface area contributed by atoms with Crippen LogP contribution in [-0.2, 0) is 0 Å². The Kier molecular flexibility index (Phi) is 3.09. The van der Waals surface area contributed by atoms with Crippen molar-refractivity contribution in [1.82, 2.24) is 10.5 Å². The van der Waals surface area contributed by atoms with Crippen LogP contribution in [0.1, 0.15) is 13.8 Å². The highest BCUT2D eigenvalue weighted by atomic mass is 79.9. The third kappa shape index (κ3) is 2.07. The second-order valence-electron chi connectivity index (χ2n) is 5.54. The van der Waals surface area contributed by atoms with Crippen LogP contribution >= 0.6 is 15.9 Å². The molecule has 2 aromatic carbocycles. The van der Waals surface area contributed by atoms with Gasteiger partial charge in [0.1, 0.15) is 5.52 Å². The fraction of sp³-hybridized carbons (Fsp3) is 0.188. The number of nitrogens with one attached hydrogen (secondary N) is 2. The number of nitrogens with zero attached hydrogens (tertiary/aromatic N) is 2. The highest BCUT2D eigenvalue weighted by molar-refractivity contribution is 9.10. The molecule has 3 aromatic rings. The van der Waals surface area contributed by atoms with E-state index in [0.29, 0.717) is 11.9 Å². The zero-order valence-electron chi connectivity index (χ0n) is 12.2. The number of halogens is 1. The average molecular weight is 359 g/mol. The Hall–Kier alpha value is -2.05. The summed E-state index contributed by atoms with van der Waals surface area (Å²) in [6.45, 7) is 4.27. The Labute approximate surface area is 136 Å². The molecule has 1 aromatic heterocycles. The number of aromatic nitrogens is 1. The first kappa shape index (κ1) is 13.6. The summed E-state index contributed by atoms with van der Waals surface area (Å²) < 4.78 is 6.80. The molecule has 2 heterocycles. The maximum atomic E-state index is 5.87. The van der Waals surface area contributed by atoms with Gasteiger partial charge in [0, 0.05) is 16.1 Å². The van der Waals surface area contributed by atoms with Gasteiger partial charge < -0.3 is 9.84 Å². The minimum Gasteiger partial charge on any atom is -0.436 e. The Bertz CT molecular complexity index is 858. The predicted octanol–water partition coefficient (Wildman–Crippen LogP) is 4.32. The van der Waals surface area contributed by atoms with Crippen LogP contribution in [0.15, 0.2) is 45.3 Å². The molecule has 0 fully saturated rings. The first-order chi connectivity index (χ1) is 10.6. The van der Waals surface area contributed by atoms with Crippen LogP contribution in [0.25, 0.3) is 22.6 Å². The third-order valence-electron chi connectivity index (χ3n) is 3.70. The van der Waals surface area contributed by atoms with Crippen LogP contribution in [0.3, 0.4) is 0 Å². The Morgan fingerprint density at radius 3 is 2.86 bits per heavy atom. The topological polar surface area (TPSA) is 53.3 Å². The van der Waals surface area contributed by atoms with Crippen molar-refractivity contribution in [2.24, 2.45) is 0 Å². The molecule has 6 heteroatoms. The van der Waals surface area contributed by atoms with E-state index in [1.165, 1.54) is 0 Å². The lowest BCUT2D eigenvalue weighted by Gasteiger charge is -2.21. The van der Waals surface area contributed by atoms with Crippen LogP contribution in [0.2, 0.25) is 0 Å². The number of para-hydroxylation sites is 1. The minimum absolute atomic E-state index is 0.361. The largest absolute Gasteiger partial charge is 0.436 e. The van der Waals surface area contributed by atoms with Crippen LogP contribution in [-0.4, -0.2) is 11.0 Å². The molecule has 0 aliphatic carbocycles. The first-order valence-electron chi connectivity index (χ1n) is 7.14. The zero-order chi connectivity index (χ0) is 15.3. The molecule has 4 rings (SSSR count). The van der Waals surface area contributed by atoms with Gasteiger partial charge in [-0.15, -0.1) is 5.53 Å². The first-order valence-corrected chi connectivity index (χ1v) is 7.93. The highest BCUT2D eigenvalue weighted by Gasteiger charge is 2.22. The number of oxazole rings is 1. The number of hydrogen-bond acceptors (Lipinski definition) is 5. The van der Waals surface area contributed by atoms with Gasteiger partial charge >= 0.3 is 0 Å². The minimum atomic E-state index is 0.361. The molecule has 1 aliphatic rings. The van der Waals surface area contributed by atoms with Crippen molar-refractivity contribution >= 4 is 38.4 Å². The van der Waals surface area contributed by atoms with E-state index in [1.54, 1.807) is 0 Å². The lowest BCUT2D eigenvalue weighted by molar-refractivity contribution is 0.620. The number of fused-ring (bicyclic) bond motifs is 2. The van der Waals surface area contributed by atoms with Crippen LogP contribution in [0.4, 0.5) is 11.4 Å². The van der Waals surface area contributed by atoms with Gasteiger partial charge in [0.25, 0.3) is 0 Å². The summed E-state index contributed by atoms with van der Waals surface area (Å²) in [6.07, 6.45) is 0. The van der Waals surface area contributed by atoms with Gasteiger partial charge in [-0.3, -0.25) is 5.01 Å². The summed E-state index contributed by atoms with van der Waals surface area (Å²) in [5, 5.41) is 2.09. The Morgan fingerprint density at radius 1 is 1.23 bits per heavy atom. The monoisotopic (exact) mass is 358 g/mol. The van der Waals surface area contributed by atoms with E-state index < -0.39 is 0 Å². The lowest BCUT2D eigenvalue weighted by atomic mass is 10.1. The van der Waals surface area contributed by atoms with E-state index >= 15 is 0 Å². The standard InChI is InChI=1S/C16H15BrN4O/c1-9(2)21-13-7-6-10(8-12(13)19-20-21)16-18-15-11(17)4-3-5-14(15)22-16/h3-9,19-20H,1-2H3. The summed E-state index contributed by atoms with van der Waals surface area (Å²) >= 11 is 3.50. The van der Waals surface area contributed by atoms with Crippen molar-refractivity contribution < 1.29 is 4.42 Å². The number of benzene rings is 2. The van der Waals surface area contributed by atoms with Gasteiger partial charge in [0.05, 0.1) is 11.4 Å². The van der Waals surface area contributed by atoms with Crippen LogP contribution < -0.4 is 16.0 Å². The number of hydrazine groups is 2. The lowest BCUT2D eigenvalue weighted by Crippen LogP contribution is -2.41. The van der Waals surface area contributed by atoms with Crippen molar-refractivity contribution in [3.63, 3.8) is 0 Å². The van der Waals surface area contributed by atoms with E-state index in [4.69, 9.17) is 4.42 Å². The predicted molar refractivity (Wildman–Crippen MR) is 91.5 cm³/mol. The average Bonchev–Trinajstić information content (AvgIpc) is 3.11. The van der Waals surface area contributed by atoms with E-state index in [2.05, 4.69) is 56.8 Å². The van der Waals surface area contributed by atoms with Gasteiger partial charge in [-0.25, -0.2) is 4.98 Å². The van der Waals surface area contributed by atoms with Gasteiger partial charge in [0.15, 0.2) is 5.58 Å². The smallest absolute Gasteiger partial charge is 0.227 e. The highest BCUT2D eigenvalue weighted by Crippen LogP contribution is 2.35. The van der Waals surface area contributed by atoms with Crippen molar-refractivity contribution in [2.75, 3.05) is 10.4 Å². The molecule has 112 valence electrons. The molecule has 0 saturated heterocycles. The summed E-state index contributed by atoms with van der Waals surface area (Å²) in [6, 6.07) is 12.3. The quantitative estimate of drug-likeness (QED) is 0.714. The molecule has 0 bridgehead atoms. The van der Waals surface area contributed by atoms with Crippen LogP contribution in [0, 0.1) is 0 Å². The van der Waals surface area contributed by atoms with Gasteiger partial charge in [-0.1, -0.05) is 6.07 Å². The molecule has 0 spiro atoms. The second kappa shape index (κ2) is 5.00. The SMILES string of the molecule is CC(C)N1NNc2cc(-c3nc4c(Br)cccc4o3)ccc21. The molecule has 0 atom stereocenters. The van der Waals surface area contributed by atoms with E-state index in [1.807, 2.05) is 30.3 Å². The number of rotatable bonds is 2. The fourth-order valence-electron chi connectivity index (χ4n) is 2.61. The summed E-state index contributed by atoms with van der Waals surface area (Å²) in [5.41, 5.74) is 11.1. The maximum Gasteiger partial charge on any atom is 0.227 e. The number of hydrogen-bond donors (Lipinski definition) is 2. The second-order valence-corrected chi connectivity index (χ2v) is 6.39. The zero-order valence-corrected chi connectivity index (χ0v) is 13.8. The number of anilines is 2. The summed E-state index contributed by atoms with van der Waals surface area (Å²) in [5.74, 6) is 0.620. The van der Waals surface area contributed by atoms with Crippen molar-refractivity contribution in [1.29, 1.82) is 0 Å². The normalized spacial score (nSPS) is 13.7. The van der Waals surface area contributed by atoms with E-state index in [-0.39, 0.29) is 0 Å². The molecular formula is C16H15BrN4O. The maximum absolute atomic E-state index is 5.87. The molecule has 2 N–H and O–H groups in total. The van der Waals surface area contributed by atoms with Crippen LogP contribution in [0.5, 0.6) is 0 Å². The molecule has 22 heavy (non-hydrogen) atoms. The summed E-state index contributed by atoms with van der Waals surface area (Å²) in [4.78, 5) is 4.59. The van der Waals surface area contributed by atoms with Crippen molar-refractivity contribution in [2.45, 2.75) is 19.9 Å². The fourth-order valence-corrected chi connectivity index (χ4v) is 3.04. The van der Waals surface area contributed by atoms with E-state index in [0.717, 1.165) is 32.5 Å². The van der Waals surface area contributed by atoms with Gasteiger partial charge in [0.2, 0.25) is 5.89 Å². The molecule has 5 nitrogen and oxygen atoms in total. The molecule has 0 radical (unpaired) electrons. The van der Waals surface area contributed by atoms with E-state index in [9.17, 15) is 0 Å². The molecule has 1 aliphatic heterocycles. The molecule has 0 unspecified atom stereocenters. The Morgan fingerprint density at radius 2 is 2.09 bits per heavy atom. The molecule has 0 saturated carbocycles. The molecular weight excluding hydrogens is 344 g/mol. The van der Waals surface area contributed by atoms with Crippen molar-refractivity contribution in [3.8, 4) is 11.5 Å². The van der Waals surface area contributed by atoms with Gasteiger partial charge in [-0.05, 0) is 60.1 Å². The van der Waals surface area contributed by atoms with Gasteiger partial charge in [-0.2, -0.15) is 0 Å².